The molecular weight excluding hydrogens is 172 g/mol. The molecule has 2 N–H and O–H groups in total. The van der Waals surface area contributed by atoms with Crippen molar-refractivity contribution in [3.63, 3.8) is 0 Å². The van der Waals surface area contributed by atoms with Crippen LogP contribution < -0.4 is 0 Å². The van der Waals surface area contributed by atoms with Gasteiger partial charge in [-0.3, -0.25) is 0 Å². The summed E-state index contributed by atoms with van der Waals surface area (Å²) in [4.78, 5) is 21.3. The first-order chi connectivity index (χ1) is 6.04. The fourth-order valence-electron chi connectivity index (χ4n) is 1.13. The number of carbonyl (C=O) groups is 2. The van der Waals surface area contributed by atoms with E-state index in [4.69, 9.17) is 10.2 Å². The van der Waals surface area contributed by atoms with Gasteiger partial charge in [-0.1, -0.05) is 20.3 Å². The molecule has 0 aliphatic carbocycles. The van der Waals surface area contributed by atoms with Crippen LogP contribution >= 0.6 is 0 Å². The van der Waals surface area contributed by atoms with E-state index in [1.54, 1.807) is 6.92 Å². The molecule has 0 saturated heterocycles. The molecular formula is C9H14O4. The van der Waals surface area contributed by atoms with E-state index in [2.05, 4.69) is 0 Å². The fraction of sp³-hybridized carbons (Fsp3) is 0.556. The van der Waals surface area contributed by atoms with Gasteiger partial charge in [-0.2, -0.15) is 0 Å². The van der Waals surface area contributed by atoms with Gasteiger partial charge in [0.25, 0.3) is 0 Å². The highest BCUT2D eigenvalue weighted by molar-refractivity contribution is 5.98. The molecule has 4 nitrogen and oxygen atoms in total. The van der Waals surface area contributed by atoms with Crippen molar-refractivity contribution in [1.29, 1.82) is 0 Å². The first kappa shape index (κ1) is 11.7. The van der Waals surface area contributed by atoms with Crippen LogP contribution in [-0.4, -0.2) is 22.2 Å². The Morgan fingerprint density at radius 3 is 1.69 bits per heavy atom. The Bertz CT molecular complexity index is 240. The average Bonchev–Trinajstić information content (AvgIpc) is 2.03. The van der Waals surface area contributed by atoms with E-state index in [0.717, 1.165) is 0 Å². The number of aliphatic carboxylic acids is 2. The molecule has 0 atom stereocenters. The minimum atomic E-state index is -1.13. The van der Waals surface area contributed by atoms with E-state index in [1.807, 2.05) is 6.92 Å². The van der Waals surface area contributed by atoms with Crippen molar-refractivity contribution in [3.05, 3.63) is 11.1 Å². The van der Waals surface area contributed by atoms with Crippen molar-refractivity contribution in [2.75, 3.05) is 0 Å². The zero-order chi connectivity index (χ0) is 10.4. The molecule has 0 aromatic rings. The Labute approximate surface area is 76.9 Å². The van der Waals surface area contributed by atoms with Crippen molar-refractivity contribution in [2.24, 2.45) is 0 Å². The second-order valence-corrected chi connectivity index (χ2v) is 2.67. The van der Waals surface area contributed by atoms with E-state index < -0.39 is 11.9 Å². The summed E-state index contributed by atoms with van der Waals surface area (Å²) in [7, 11) is 0. The molecule has 0 bridgehead atoms. The van der Waals surface area contributed by atoms with Gasteiger partial charge in [0.1, 0.15) is 0 Å². The summed E-state index contributed by atoms with van der Waals surface area (Å²) in [5.41, 5.74) is 0.0341. The second-order valence-electron chi connectivity index (χ2n) is 2.67. The molecule has 13 heavy (non-hydrogen) atoms. The van der Waals surface area contributed by atoms with Gasteiger partial charge in [-0.25, -0.2) is 9.59 Å². The first-order valence-electron chi connectivity index (χ1n) is 4.23. The monoisotopic (exact) mass is 186 g/mol. The number of hydrogen-bond acceptors (Lipinski definition) is 2. The fourth-order valence-corrected chi connectivity index (χ4v) is 1.13. The van der Waals surface area contributed by atoms with Crippen LogP contribution in [0.3, 0.4) is 0 Å². The summed E-state index contributed by atoms with van der Waals surface area (Å²) in [5.74, 6) is -2.26. The molecule has 0 amide bonds. The van der Waals surface area contributed by atoms with Gasteiger partial charge < -0.3 is 10.2 Å². The highest BCUT2D eigenvalue weighted by atomic mass is 16.4. The molecule has 0 heterocycles. The van der Waals surface area contributed by atoms with Crippen molar-refractivity contribution in [1.82, 2.24) is 0 Å². The van der Waals surface area contributed by atoms with E-state index >= 15 is 0 Å². The van der Waals surface area contributed by atoms with Gasteiger partial charge >= 0.3 is 11.9 Å². The Morgan fingerprint density at radius 2 is 1.46 bits per heavy atom. The molecule has 0 unspecified atom stereocenters. The molecule has 4 heteroatoms. The lowest BCUT2D eigenvalue weighted by atomic mass is 10.0. The van der Waals surface area contributed by atoms with Crippen LogP contribution in [0.2, 0.25) is 0 Å². The van der Waals surface area contributed by atoms with Gasteiger partial charge in [-0.15, -0.1) is 0 Å². The number of hydrogen-bond donors (Lipinski definition) is 2. The largest absolute Gasteiger partial charge is 0.478 e. The van der Waals surface area contributed by atoms with Gasteiger partial charge in [-0.05, 0) is 12.8 Å². The van der Waals surface area contributed by atoms with Gasteiger partial charge in [0.2, 0.25) is 0 Å². The van der Waals surface area contributed by atoms with Crippen LogP contribution in [0.4, 0.5) is 0 Å². The summed E-state index contributed by atoms with van der Waals surface area (Å²) < 4.78 is 0. The third kappa shape index (κ3) is 3.27. The van der Waals surface area contributed by atoms with E-state index in [1.165, 1.54) is 0 Å². The maximum atomic E-state index is 10.7. The molecule has 0 aromatic heterocycles. The van der Waals surface area contributed by atoms with Gasteiger partial charge in [0.05, 0.1) is 0 Å². The van der Waals surface area contributed by atoms with Crippen molar-refractivity contribution < 1.29 is 19.8 Å². The van der Waals surface area contributed by atoms with Crippen LogP contribution in [0, 0.1) is 0 Å². The Kier molecular flexibility index (Phi) is 4.80. The Balaban J connectivity index is 5.00. The van der Waals surface area contributed by atoms with Crippen LogP contribution in [0.15, 0.2) is 11.1 Å². The lowest BCUT2D eigenvalue weighted by Crippen LogP contribution is -2.10. The Morgan fingerprint density at radius 1 is 1.00 bits per heavy atom. The summed E-state index contributed by atoms with van der Waals surface area (Å²) >= 11 is 0. The molecule has 0 aromatic carbocycles. The van der Waals surface area contributed by atoms with Crippen molar-refractivity contribution in [3.8, 4) is 0 Å². The highest BCUT2D eigenvalue weighted by Gasteiger charge is 2.17. The van der Waals surface area contributed by atoms with Crippen LogP contribution in [-0.2, 0) is 9.59 Å². The zero-order valence-electron chi connectivity index (χ0n) is 7.83. The highest BCUT2D eigenvalue weighted by Crippen LogP contribution is 2.14. The zero-order valence-corrected chi connectivity index (χ0v) is 7.83. The topological polar surface area (TPSA) is 74.6 Å². The quantitative estimate of drug-likeness (QED) is 0.640. The molecule has 74 valence electrons. The third-order valence-corrected chi connectivity index (χ3v) is 1.73. The Hall–Kier alpha value is -1.32. The summed E-state index contributed by atoms with van der Waals surface area (Å²) in [6.07, 6.45) is 1.19. The molecule has 0 radical (unpaired) electrons. The van der Waals surface area contributed by atoms with Gasteiger partial charge in [0, 0.05) is 11.1 Å². The molecule has 0 spiro atoms. The minimum absolute atomic E-state index is 0.00866. The number of carboxylic acid groups (broad SMARTS) is 2. The van der Waals surface area contributed by atoms with E-state index in [-0.39, 0.29) is 17.6 Å². The van der Waals surface area contributed by atoms with Crippen LogP contribution in [0.25, 0.3) is 0 Å². The molecule has 0 fully saturated rings. The summed E-state index contributed by atoms with van der Waals surface area (Å²) in [5, 5.41) is 17.4. The maximum Gasteiger partial charge on any atom is 0.332 e. The van der Waals surface area contributed by atoms with Crippen LogP contribution in [0.5, 0.6) is 0 Å². The number of rotatable bonds is 5. The normalized spacial score (nSPS) is 12.2. The molecule has 0 rings (SSSR count). The number of carboxylic acids is 2. The first-order valence-corrected chi connectivity index (χ1v) is 4.23. The van der Waals surface area contributed by atoms with Gasteiger partial charge in [0.15, 0.2) is 0 Å². The average molecular weight is 186 g/mol. The van der Waals surface area contributed by atoms with Crippen molar-refractivity contribution >= 4 is 11.9 Å². The molecule has 0 saturated carbocycles. The lowest BCUT2D eigenvalue weighted by molar-refractivity contribution is -0.136. The predicted octanol–water partition coefficient (Wildman–Crippen LogP) is 1.66. The van der Waals surface area contributed by atoms with Crippen LogP contribution in [0.1, 0.15) is 33.1 Å². The third-order valence-electron chi connectivity index (χ3n) is 1.73. The summed E-state index contributed by atoms with van der Waals surface area (Å²) in [6.45, 7) is 3.46. The second kappa shape index (κ2) is 5.35. The van der Waals surface area contributed by atoms with E-state index in [0.29, 0.717) is 12.8 Å². The minimum Gasteiger partial charge on any atom is -0.478 e. The summed E-state index contributed by atoms with van der Waals surface area (Å²) in [6, 6.07) is 0. The predicted molar refractivity (Wildman–Crippen MR) is 47.5 cm³/mol. The maximum absolute atomic E-state index is 10.7. The lowest BCUT2D eigenvalue weighted by Gasteiger charge is -2.04. The smallest absolute Gasteiger partial charge is 0.332 e. The SMILES string of the molecule is CCCC(C(=O)O)=C(CC)C(=O)O. The molecule has 0 aliphatic rings. The molecule has 0 aliphatic heterocycles. The van der Waals surface area contributed by atoms with Crippen molar-refractivity contribution in [2.45, 2.75) is 33.1 Å². The standard InChI is InChI=1S/C9H14O4/c1-3-5-7(9(12)13)6(4-2)8(10)11/h3-5H2,1-2H3,(H,10,11)(H,12,13). The van der Waals surface area contributed by atoms with E-state index in [9.17, 15) is 9.59 Å².